The molecule has 0 spiro atoms. The third kappa shape index (κ3) is 4.35. The topological polar surface area (TPSA) is 112 Å². The van der Waals surface area contributed by atoms with Gasteiger partial charge in [-0.3, -0.25) is 20.1 Å². The molecule has 1 fully saturated rings. The van der Waals surface area contributed by atoms with E-state index < -0.39 is 0 Å². The van der Waals surface area contributed by atoms with E-state index in [1.54, 1.807) is 18.6 Å². The molecule has 2 N–H and O–H groups in total. The summed E-state index contributed by atoms with van der Waals surface area (Å²) in [6.07, 6.45) is 12.7. The number of imidazole rings is 1. The Labute approximate surface area is 208 Å². The van der Waals surface area contributed by atoms with Gasteiger partial charge in [-0.1, -0.05) is 0 Å². The van der Waals surface area contributed by atoms with Crippen LogP contribution in [0.25, 0.3) is 44.7 Å². The summed E-state index contributed by atoms with van der Waals surface area (Å²) in [7, 11) is 4.04. The number of anilines is 1. The average Bonchev–Trinajstić information content (AvgIpc) is 3.53. The molecule has 36 heavy (non-hydrogen) atoms. The molecule has 0 unspecified atom stereocenters. The SMILES string of the molecule is CN(C)CCOc1cncc(-c2cc3c(-c4nc5c(N6CCCCC6)cncc5[nH]4)n[nH]c3cn2)c1. The van der Waals surface area contributed by atoms with E-state index in [9.17, 15) is 0 Å². The van der Waals surface area contributed by atoms with Crippen LogP contribution >= 0.6 is 0 Å². The third-order valence-electron chi connectivity index (χ3n) is 6.56. The van der Waals surface area contributed by atoms with Gasteiger partial charge in [0.25, 0.3) is 0 Å². The smallest absolute Gasteiger partial charge is 0.159 e. The van der Waals surface area contributed by atoms with E-state index in [1.807, 2.05) is 38.6 Å². The molecule has 5 aromatic rings. The molecule has 0 bridgehead atoms. The van der Waals surface area contributed by atoms with Crippen LogP contribution in [-0.2, 0) is 0 Å². The fourth-order valence-electron chi connectivity index (χ4n) is 4.64. The van der Waals surface area contributed by atoms with Gasteiger partial charge in [-0.25, -0.2) is 4.98 Å². The maximum Gasteiger partial charge on any atom is 0.159 e. The molecular weight excluding hydrogens is 454 g/mol. The Morgan fingerprint density at radius 2 is 1.83 bits per heavy atom. The molecule has 6 heterocycles. The average molecular weight is 484 g/mol. The van der Waals surface area contributed by atoms with Gasteiger partial charge in [0.05, 0.1) is 47.2 Å². The van der Waals surface area contributed by atoms with Gasteiger partial charge in [0, 0.05) is 36.8 Å². The van der Waals surface area contributed by atoms with Gasteiger partial charge >= 0.3 is 0 Å². The lowest BCUT2D eigenvalue weighted by molar-refractivity contribution is 0.261. The second kappa shape index (κ2) is 9.54. The molecule has 5 aromatic heterocycles. The molecule has 10 nitrogen and oxygen atoms in total. The summed E-state index contributed by atoms with van der Waals surface area (Å²) in [6.45, 7) is 3.50. The first-order chi connectivity index (χ1) is 17.7. The Bertz CT molecular complexity index is 1500. The largest absolute Gasteiger partial charge is 0.491 e. The maximum absolute atomic E-state index is 5.86. The lowest BCUT2D eigenvalue weighted by Gasteiger charge is -2.28. The van der Waals surface area contributed by atoms with Gasteiger partial charge in [0.15, 0.2) is 5.82 Å². The van der Waals surface area contributed by atoms with Gasteiger partial charge in [-0.05, 0) is 45.5 Å². The molecule has 0 atom stereocenters. The zero-order chi connectivity index (χ0) is 24.5. The molecule has 10 heteroatoms. The van der Waals surface area contributed by atoms with Crippen LogP contribution in [0.1, 0.15) is 19.3 Å². The molecule has 1 aliphatic rings. The highest BCUT2D eigenvalue weighted by Gasteiger charge is 2.19. The lowest BCUT2D eigenvalue weighted by Crippen LogP contribution is -2.29. The fraction of sp³-hybridized carbons (Fsp3) is 0.346. The molecule has 184 valence electrons. The summed E-state index contributed by atoms with van der Waals surface area (Å²) in [5.74, 6) is 1.43. The number of hydrogen-bond acceptors (Lipinski definition) is 8. The Morgan fingerprint density at radius 3 is 2.69 bits per heavy atom. The van der Waals surface area contributed by atoms with Gasteiger partial charge < -0.3 is 19.5 Å². The van der Waals surface area contributed by atoms with Crippen LogP contribution in [0, 0.1) is 0 Å². The number of nitrogens with one attached hydrogen (secondary N) is 2. The van der Waals surface area contributed by atoms with E-state index in [1.165, 1.54) is 19.3 Å². The highest BCUT2D eigenvalue weighted by Crippen LogP contribution is 2.32. The lowest BCUT2D eigenvalue weighted by atomic mass is 10.1. The first-order valence-electron chi connectivity index (χ1n) is 12.3. The van der Waals surface area contributed by atoms with Crippen molar-refractivity contribution in [2.45, 2.75) is 19.3 Å². The van der Waals surface area contributed by atoms with Gasteiger partial charge in [0.2, 0.25) is 0 Å². The van der Waals surface area contributed by atoms with E-state index in [0.717, 1.165) is 70.0 Å². The summed E-state index contributed by atoms with van der Waals surface area (Å²) >= 11 is 0. The molecule has 0 aliphatic carbocycles. The molecular formula is C26H29N9O. The first-order valence-corrected chi connectivity index (χ1v) is 12.3. The van der Waals surface area contributed by atoms with Crippen molar-refractivity contribution in [1.29, 1.82) is 0 Å². The Balaban J connectivity index is 1.34. The van der Waals surface area contributed by atoms with E-state index in [4.69, 9.17) is 9.72 Å². The van der Waals surface area contributed by atoms with Crippen LogP contribution in [0.3, 0.4) is 0 Å². The second-order valence-electron chi connectivity index (χ2n) is 9.44. The normalized spacial score (nSPS) is 14.2. The van der Waals surface area contributed by atoms with E-state index in [2.05, 4.69) is 39.9 Å². The number of fused-ring (bicyclic) bond motifs is 2. The molecule has 1 aliphatic heterocycles. The van der Waals surface area contributed by atoms with Crippen LogP contribution in [0.5, 0.6) is 5.75 Å². The minimum atomic E-state index is 0.594. The molecule has 0 aromatic carbocycles. The van der Waals surface area contributed by atoms with Gasteiger partial charge in [-0.2, -0.15) is 5.10 Å². The number of aromatic nitrogens is 7. The number of nitrogens with zero attached hydrogens (tertiary/aromatic N) is 7. The van der Waals surface area contributed by atoms with Crippen molar-refractivity contribution in [3.8, 4) is 28.5 Å². The Morgan fingerprint density at radius 1 is 0.972 bits per heavy atom. The van der Waals surface area contributed by atoms with E-state index >= 15 is 0 Å². The number of piperidine rings is 1. The minimum Gasteiger partial charge on any atom is -0.491 e. The van der Waals surface area contributed by atoms with Crippen molar-refractivity contribution in [3.63, 3.8) is 0 Å². The number of likely N-dealkylation sites (N-methyl/N-ethyl adjacent to an activating group) is 1. The molecule has 6 rings (SSSR count). The van der Waals surface area contributed by atoms with Gasteiger partial charge in [0.1, 0.15) is 23.6 Å². The van der Waals surface area contributed by atoms with Crippen molar-refractivity contribution in [3.05, 3.63) is 43.1 Å². The maximum atomic E-state index is 5.86. The van der Waals surface area contributed by atoms with Crippen LogP contribution < -0.4 is 9.64 Å². The zero-order valence-electron chi connectivity index (χ0n) is 20.5. The summed E-state index contributed by atoms with van der Waals surface area (Å²) in [5.41, 5.74) is 6.18. The molecule has 0 radical (unpaired) electrons. The minimum absolute atomic E-state index is 0.594. The van der Waals surface area contributed by atoms with E-state index in [0.29, 0.717) is 12.4 Å². The fourth-order valence-corrected chi connectivity index (χ4v) is 4.64. The third-order valence-corrected chi connectivity index (χ3v) is 6.56. The number of aromatic amines is 2. The highest BCUT2D eigenvalue weighted by molar-refractivity contribution is 5.96. The number of rotatable bonds is 7. The number of H-pyrrole nitrogens is 2. The summed E-state index contributed by atoms with van der Waals surface area (Å²) in [5, 5.41) is 8.60. The Kier molecular flexibility index (Phi) is 5.94. The molecule has 0 amide bonds. The molecule has 0 saturated carbocycles. The number of pyridine rings is 3. The van der Waals surface area contributed by atoms with E-state index in [-0.39, 0.29) is 0 Å². The number of ether oxygens (including phenoxy) is 1. The predicted molar refractivity (Wildman–Crippen MR) is 140 cm³/mol. The summed E-state index contributed by atoms with van der Waals surface area (Å²) in [4.78, 5) is 26.3. The van der Waals surface area contributed by atoms with Crippen LogP contribution in [0.4, 0.5) is 5.69 Å². The van der Waals surface area contributed by atoms with Gasteiger partial charge in [-0.15, -0.1) is 0 Å². The summed E-state index contributed by atoms with van der Waals surface area (Å²) < 4.78 is 5.86. The monoisotopic (exact) mass is 483 g/mol. The zero-order valence-corrected chi connectivity index (χ0v) is 20.5. The second-order valence-corrected chi connectivity index (χ2v) is 9.44. The van der Waals surface area contributed by atoms with Crippen LogP contribution in [0.15, 0.2) is 43.1 Å². The Hall–Kier alpha value is -4.05. The quantitative estimate of drug-likeness (QED) is 0.359. The first kappa shape index (κ1) is 22.4. The predicted octanol–water partition coefficient (Wildman–Crippen LogP) is 3.89. The van der Waals surface area contributed by atoms with Crippen LogP contribution in [-0.4, -0.2) is 80.4 Å². The highest BCUT2D eigenvalue weighted by atomic mass is 16.5. The van der Waals surface area contributed by atoms with Crippen molar-refractivity contribution in [2.75, 3.05) is 45.2 Å². The number of hydrogen-bond donors (Lipinski definition) is 2. The van der Waals surface area contributed by atoms with Crippen LogP contribution in [0.2, 0.25) is 0 Å². The molecule has 1 saturated heterocycles. The van der Waals surface area contributed by atoms with Crippen molar-refractivity contribution in [2.24, 2.45) is 0 Å². The van der Waals surface area contributed by atoms with Crippen molar-refractivity contribution >= 4 is 27.6 Å². The van der Waals surface area contributed by atoms with Crippen molar-refractivity contribution in [1.82, 2.24) is 40.0 Å². The standard InChI is InChI=1S/C26H29N9O/c1-34(2)8-9-36-18-10-17(12-27-13-18)20-11-19-21(15-29-20)32-33-24(19)26-30-22-14-28-16-23(25(22)31-26)35-6-4-3-5-7-35/h10-16H,3-9H2,1-2H3,(H,30,31)(H,32,33). The van der Waals surface area contributed by atoms with Crippen molar-refractivity contribution < 1.29 is 4.74 Å². The summed E-state index contributed by atoms with van der Waals surface area (Å²) in [6, 6.07) is 3.99.